The molecule has 2 unspecified atom stereocenters. The van der Waals surface area contributed by atoms with Gasteiger partial charge in [0.25, 0.3) is 6.47 Å². The fourth-order valence-electron chi connectivity index (χ4n) is 3.27. The van der Waals surface area contributed by atoms with Crippen LogP contribution in [0.4, 0.5) is 0 Å². The van der Waals surface area contributed by atoms with Gasteiger partial charge in [-0.05, 0) is 31.4 Å². The minimum atomic E-state index is -0.610. The summed E-state index contributed by atoms with van der Waals surface area (Å²) in [6, 6.07) is 0. The van der Waals surface area contributed by atoms with Crippen molar-refractivity contribution < 1.29 is 28.5 Å². The molecular formula is C22H24O6. The first kappa shape index (κ1) is 19.7. The maximum absolute atomic E-state index is 13.0. The second-order valence-corrected chi connectivity index (χ2v) is 7.24. The molecule has 0 radical (unpaired) electrons. The average Bonchev–Trinajstić information content (AvgIpc) is 2.63. The number of methoxy groups -OCH3 is 1. The maximum Gasteiger partial charge on any atom is 0.293 e. The standard InChI is InChI=1S/C22H24O6/c1-13(2)7-19(28-12-23)16-9-20-17(21(24)22(16)25-4)11-27-18-8-14(3)5-6-15(18)10-26-20/h5-6,8-13,18-19H,7H2,1-4H3. The largest absolute Gasteiger partial charge is 0.492 e. The summed E-state index contributed by atoms with van der Waals surface area (Å²) in [4.78, 5) is 24.0. The molecule has 0 fully saturated rings. The van der Waals surface area contributed by atoms with Gasteiger partial charge in [0.2, 0.25) is 5.78 Å². The number of allylic oxidation sites excluding steroid dienone is 4. The first-order valence-corrected chi connectivity index (χ1v) is 9.17. The molecule has 148 valence electrons. The number of fused-ring (bicyclic) bond motifs is 2. The van der Waals surface area contributed by atoms with Gasteiger partial charge in [0.1, 0.15) is 23.5 Å². The molecule has 3 aliphatic rings. The summed E-state index contributed by atoms with van der Waals surface area (Å²) in [5, 5.41) is 0. The number of hydrogen-bond donors (Lipinski definition) is 0. The highest BCUT2D eigenvalue weighted by Crippen LogP contribution is 2.34. The molecule has 0 aromatic rings. The number of ether oxygens (including phenoxy) is 4. The van der Waals surface area contributed by atoms with E-state index in [1.54, 1.807) is 12.3 Å². The lowest BCUT2D eigenvalue weighted by atomic mass is 9.90. The predicted octanol–water partition coefficient (Wildman–Crippen LogP) is 3.64. The van der Waals surface area contributed by atoms with Gasteiger partial charge >= 0.3 is 0 Å². The molecule has 1 heterocycles. The third-order valence-corrected chi connectivity index (χ3v) is 4.66. The van der Waals surface area contributed by atoms with Crippen LogP contribution in [0.2, 0.25) is 0 Å². The van der Waals surface area contributed by atoms with E-state index < -0.39 is 6.10 Å². The van der Waals surface area contributed by atoms with Crippen LogP contribution >= 0.6 is 0 Å². The number of rotatable bonds is 6. The van der Waals surface area contributed by atoms with Crippen LogP contribution in [0.3, 0.4) is 0 Å². The molecule has 28 heavy (non-hydrogen) atoms. The van der Waals surface area contributed by atoms with Gasteiger partial charge in [-0.3, -0.25) is 9.59 Å². The van der Waals surface area contributed by atoms with Crippen molar-refractivity contribution in [2.45, 2.75) is 39.4 Å². The Hall–Kier alpha value is -3.02. The third kappa shape index (κ3) is 3.96. The molecule has 0 aromatic carbocycles. The molecule has 3 rings (SSSR count). The summed E-state index contributed by atoms with van der Waals surface area (Å²) in [5.74, 6) is 0.319. The Labute approximate surface area is 164 Å². The highest BCUT2D eigenvalue weighted by molar-refractivity contribution is 6.11. The fraction of sp³-hybridized carbons (Fsp3) is 0.364. The molecule has 0 saturated carbocycles. The Kier molecular flexibility index (Phi) is 5.87. The predicted molar refractivity (Wildman–Crippen MR) is 103 cm³/mol. The summed E-state index contributed by atoms with van der Waals surface area (Å²) in [7, 11) is 1.42. The lowest BCUT2D eigenvalue weighted by molar-refractivity contribution is -0.132. The first-order valence-electron chi connectivity index (χ1n) is 9.17. The van der Waals surface area contributed by atoms with E-state index >= 15 is 0 Å². The minimum absolute atomic E-state index is 0.120. The third-order valence-electron chi connectivity index (χ3n) is 4.66. The van der Waals surface area contributed by atoms with Crippen LogP contribution < -0.4 is 0 Å². The van der Waals surface area contributed by atoms with Gasteiger partial charge in [0.15, 0.2) is 5.76 Å². The van der Waals surface area contributed by atoms with Crippen molar-refractivity contribution in [1.29, 1.82) is 0 Å². The second-order valence-electron chi connectivity index (χ2n) is 7.24. The van der Waals surface area contributed by atoms with Gasteiger partial charge in [0, 0.05) is 11.1 Å². The van der Waals surface area contributed by atoms with E-state index in [-0.39, 0.29) is 29.1 Å². The Morgan fingerprint density at radius 2 is 2.04 bits per heavy atom. The number of carbonyl (C=O) groups excluding carboxylic acids is 2. The van der Waals surface area contributed by atoms with E-state index in [1.807, 2.05) is 39.0 Å². The normalized spacial score (nSPS) is 22.2. The average molecular weight is 384 g/mol. The van der Waals surface area contributed by atoms with E-state index in [4.69, 9.17) is 18.9 Å². The van der Waals surface area contributed by atoms with Crippen LogP contribution in [-0.4, -0.2) is 31.6 Å². The zero-order valence-corrected chi connectivity index (χ0v) is 16.4. The highest BCUT2D eigenvalue weighted by atomic mass is 16.5. The molecule has 0 saturated heterocycles. The molecule has 1 aliphatic heterocycles. The molecule has 6 heteroatoms. The Bertz CT molecular complexity index is 850. The van der Waals surface area contributed by atoms with E-state index in [0.29, 0.717) is 24.2 Å². The molecule has 6 nitrogen and oxygen atoms in total. The highest BCUT2D eigenvalue weighted by Gasteiger charge is 2.34. The summed E-state index contributed by atoms with van der Waals surface area (Å²) in [5.41, 5.74) is 2.63. The zero-order chi connectivity index (χ0) is 20.3. The molecule has 2 aliphatic carbocycles. The molecule has 0 N–H and O–H groups in total. The summed E-state index contributed by atoms with van der Waals surface area (Å²) >= 11 is 0. The van der Waals surface area contributed by atoms with Crippen molar-refractivity contribution >= 4 is 12.3 Å². The van der Waals surface area contributed by atoms with E-state index in [2.05, 4.69) is 0 Å². The van der Waals surface area contributed by atoms with Crippen LogP contribution in [0.25, 0.3) is 0 Å². The summed E-state index contributed by atoms with van der Waals surface area (Å²) in [6.45, 7) is 6.37. The Balaban J connectivity index is 2.02. The lowest BCUT2D eigenvalue weighted by Gasteiger charge is -2.27. The maximum atomic E-state index is 13.0. The van der Waals surface area contributed by atoms with Crippen LogP contribution in [0.1, 0.15) is 27.2 Å². The van der Waals surface area contributed by atoms with Crippen molar-refractivity contribution in [2.24, 2.45) is 5.92 Å². The second kappa shape index (κ2) is 8.33. The monoisotopic (exact) mass is 384 g/mol. The van der Waals surface area contributed by atoms with Crippen molar-refractivity contribution in [3.05, 3.63) is 70.6 Å². The van der Waals surface area contributed by atoms with Crippen LogP contribution in [0.5, 0.6) is 0 Å². The van der Waals surface area contributed by atoms with Gasteiger partial charge in [-0.15, -0.1) is 0 Å². The molecule has 0 aromatic heterocycles. The van der Waals surface area contributed by atoms with Crippen molar-refractivity contribution in [1.82, 2.24) is 0 Å². The van der Waals surface area contributed by atoms with Gasteiger partial charge < -0.3 is 18.9 Å². The zero-order valence-electron chi connectivity index (χ0n) is 16.4. The van der Waals surface area contributed by atoms with Gasteiger partial charge in [-0.25, -0.2) is 0 Å². The topological polar surface area (TPSA) is 71.1 Å². The van der Waals surface area contributed by atoms with E-state index in [0.717, 1.165) is 11.1 Å². The van der Waals surface area contributed by atoms with Crippen LogP contribution in [-0.2, 0) is 28.5 Å². The van der Waals surface area contributed by atoms with Gasteiger partial charge in [-0.2, -0.15) is 0 Å². The van der Waals surface area contributed by atoms with Crippen molar-refractivity contribution in [3.8, 4) is 0 Å². The van der Waals surface area contributed by atoms with Crippen LogP contribution in [0, 0.1) is 5.92 Å². The quantitative estimate of drug-likeness (QED) is 0.651. The van der Waals surface area contributed by atoms with E-state index in [1.165, 1.54) is 13.4 Å². The molecular weight excluding hydrogens is 360 g/mol. The fourth-order valence-corrected chi connectivity index (χ4v) is 3.27. The lowest BCUT2D eigenvalue weighted by Crippen LogP contribution is -2.27. The number of Topliss-reactive ketones (excluding diaryl/α,β-unsaturated/α-hetero) is 1. The Morgan fingerprint density at radius 3 is 2.71 bits per heavy atom. The number of ketones is 1. The number of carbonyl (C=O) groups is 2. The molecule has 0 spiro atoms. The van der Waals surface area contributed by atoms with Gasteiger partial charge in [0.05, 0.1) is 19.6 Å². The number of hydrogen-bond acceptors (Lipinski definition) is 6. The van der Waals surface area contributed by atoms with Crippen molar-refractivity contribution in [2.75, 3.05) is 7.11 Å². The first-order chi connectivity index (χ1) is 13.4. The van der Waals surface area contributed by atoms with Gasteiger partial charge in [-0.1, -0.05) is 31.6 Å². The Morgan fingerprint density at radius 1 is 1.25 bits per heavy atom. The van der Waals surface area contributed by atoms with Crippen molar-refractivity contribution in [3.63, 3.8) is 0 Å². The smallest absolute Gasteiger partial charge is 0.293 e. The SMILES string of the molecule is COC1=C(C(CC(C)C)OC=O)C=C2OC=C3C=CC(C)=CC3OC=C2C1=O. The van der Waals surface area contributed by atoms with Crippen LogP contribution in [0.15, 0.2) is 70.6 Å². The van der Waals surface area contributed by atoms with E-state index in [9.17, 15) is 9.59 Å². The molecule has 0 bridgehead atoms. The molecule has 2 atom stereocenters. The molecule has 0 amide bonds. The summed E-state index contributed by atoms with van der Waals surface area (Å²) < 4.78 is 22.3. The summed E-state index contributed by atoms with van der Waals surface area (Å²) in [6.07, 6.45) is 10.1. The minimum Gasteiger partial charge on any atom is -0.492 e.